The number of pyridine rings is 2. The molecule has 32 heavy (non-hydrogen) atoms. The summed E-state index contributed by atoms with van der Waals surface area (Å²) in [5, 5.41) is 18.5. The van der Waals surface area contributed by atoms with E-state index < -0.39 is 11.8 Å². The molecule has 0 saturated carbocycles. The second kappa shape index (κ2) is 9.72. The van der Waals surface area contributed by atoms with Crippen molar-refractivity contribution in [3.05, 3.63) is 54.8 Å². The summed E-state index contributed by atoms with van der Waals surface area (Å²) in [6.45, 7) is 6.76. The van der Waals surface area contributed by atoms with E-state index in [1.54, 1.807) is 12.1 Å². The van der Waals surface area contributed by atoms with Crippen LogP contribution in [0.5, 0.6) is 0 Å². The average Bonchev–Trinajstić information content (AvgIpc) is 3.31. The Morgan fingerprint density at radius 2 is 2.12 bits per heavy atom. The number of nitrogens with zero attached hydrogens (tertiary/aromatic N) is 7. The molecule has 160 valence electrons. The van der Waals surface area contributed by atoms with E-state index in [-0.39, 0.29) is 30.4 Å². The third-order valence-corrected chi connectivity index (χ3v) is 4.31. The fourth-order valence-electron chi connectivity index (χ4n) is 2.75. The van der Waals surface area contributed by atoms with Gasteiger partial charge in [0.05, 0.1) is 53.3 Å². The number of amides is 2. The first-order valence-corrected chi connectivity index (χ1v) is 9.14. The normalized spacial score (nSPS) is 10.9. The molecule has 0 saturated heterocycles. The van der Waals surface area contributed by atoms with Gasteiger partial charge in [0, 0.05) is 12.4 Å². The van der Waals surface area contributed by atoms with Crippen molar-refractivity contribution in [2.45, 2.75) is 6.54 Å². The summed E-state index contributed by atoms with van der Waals surface area (Å²) in [5.74, 6) is -1.39. The van der Waals surface area contributed by atoms with Gasteiger partial charge in [0.2, 0.25) is 0 Å². The first kappa shape index (κ1) is 21.8. The van der Waals surface area contributed by atoms with Crippen LogP contribution in [0, 0.1) is 11.3 Å². The van der Waals surface area contributed by atoms with Crippen LogP contribution in [0.1, 0.15) is 11.3 Å². The van der Waals surface area contributed by atoms with E-state index in [4.69, 9.17) is 11.0 Å². The molecule has 0 aliphatic rings. The van der Waals surface area contributed by atoms with Crippen molar-refractivity contribution in [2.24, 2.45) is 9.98 Å². The van der Waals surface area contributed by atoms with Crippen molar-refractivity contribution >= 4 is 46.8 Å². The Morgan fingerprint density at radius 1 is 1.31 bits per heavy atom. The van der Waals surface area contributed by atoms with Gasteiger partial charge in [-0.2, -0.15) is 10.4 Å². The Bertz CT molecular complexity index is 1250. The van der Waals surface area contributed by atoms with Crippen molar-refractivity contribution in [2.75, 3.05) is 17.6 Å². The molecule has 3 aromatic heterocycles. The maximum atomic E-state index is 13.0. The number of amidine groups is 1. The van der Waals surface area contributed by atoms with Gasteiger partial charge in [0.1, 0.15) is 17.7 Å². The number of carbonyl (C=O) groups excluding carboxylic acids is 2. The molecular formula is C20H18N10O2. The zero-order chi connectivity index (χ0) is 23.1. The van der Waals surface area contributed by atoms with Gasteiger partial charge in [0.15, 0.2) is 0 Å². The molecule has 0 aliphatic heterocycles. The summed E-state index contributed by atoms with van der Waals surface area (Å²) < 4.78 is 0. The van der Waals surface area contributed by atoms with Gasteiger partial charge < -0.3 is 16.0 Å². The lowest BCUT2D eigenvalue weighted by Gasteiger charge is -2.21. The lowest BCUT2D eigenvalue weighted by molar-refractivity contribution is -0.143. The third-order valence-electron chi connectivity index (χ3n) is 4.31. The topological polar surface area (TPSA) is 178 Å². The average molecular weight is 430 g/mol. The van der Waals surface area contributed by atoms with E-state index in [2.05, 4.69) is 48.8 Å². The molecule has 0 bridgehead atoms. The molecule has 12 heteroatoms. The van der Waals surface area contributed by atoms with Crippen molar-refractivity contribution in [3.8, 4) is 6.07 Å². The van der Waals surface area contributed by atoms with Crippen LogP contribution in [0.4, 0.5) is 11.5 Å². The Kier molecular flexibility index (Phi) is 6.62. The van der Waals surface area contributed by atoms with Crippen molar-refractivity contribution in [1.82, 2.24) is 25.1 Å². The summed E-state index contributed by atoms with van der Waals surface area (Å²) in [5.41, 5.74) is 7.28. The van der Waals surface area contributed by atoms with E-state index in [0.717, 1.165) is 0 Å². The Morgan fingerprint density at radius 3 is 2.78 bits per heavy atom. The largest absolute Gasteiger partial charge is 0.383 e. The van der Waals surface area contributed by atoms with Crippen LogP contribution in [0.15, 0.2) is 53.5 Å². The molecule has 0 fully saturated rings. The number of aromatic amines is 1. The van der Waals surface area contributed by atoms with Gasteiger partial charge >= 0.3 is 11.8 Å². The first-order valence-electron chi connectivity index (χ1n) is 9.14. The number of nitrogens with two attached hydrogens (primary N) is 1. The predicted molar refractivity (Wildman–Crippen MR) is 118 cm³/mol. The Balaban J connectivity index is 1.86. The second-order valence-electron chi connectivity index (χ2n) is 6.37. The highest BCUT2D eigenvalue weighted by atomic mass is 16.2. The fraction of sp³-hybridized carbons (Fsp3) is 0.100. The van der Waals surface area contributed by atoms with Crippen molar-refractivity contribution in [3.63, 3.8) is 0 Å². The van der Waals surface area contributed by atoms with Crippen LogP contribution in [0.25, 0.3) is 10.9 Å². The molecule has 0 radical (unpaired) electrons. The lowest BCUT2D eigenvalue weighted by Crippen LogP contribution is -2.42. The van der Waals surface area contributed by atoms with Crippen molar-refractivity contribution < 1.29 is 9.59 Å². The number of anilines is 2. The van der Waals surface area contributed by atoms with Gasteiger partial charge in [-0.3, -0.25) is 19.7 Å². The minimum absolute atomic E-state index is 0.0386. The number of aromatic nitrogens is 4. The summed E-state index contributed by atoms with van der Waals surface area (Å²) in [7, 11) is 0. The van der Waals surface area contributed by atoms with E-state index in [9.17, 15) is 9.59 Å². The van der Waals surface area contributed by atoms with Crippen LogP contribution >= 0.6 is 0 Å². The number of fused-ring (bicyclic) bond motifs is 1. The van der Waals surface area contributed by atoms with Gasteiger partial charge in [0.25, 0.3) is 0 Å². The molecule has 0 spiro atoms. The molecule has 0 aromatic carbocycles. The van der Waals surface area contributed by atoms with Gasteiger partial charge in [-0.15, -0.1) is 0 Å². The lowest BCUT2D eigenvalue weighted by atomic mass is 10.2. The molecule has 0 atom stereocenters. The fourth-order valence-corrected chi connectivity index (χ4v) is 2.75. The zero-order valence-corrected chi connectivity index (χ0v) is 16.8. The van der Waals surface area contributed by atoms with Gasteiger partial charge in [-0.05, 0) is 18.9 Å². The zero-order valence-electron chi connectivity index (χ0n) is 16.8. The molecule has 0 aliphatic carbocycles. The number of aliphatic imine (C=N–C) groups is 2. The van der Waals surface area contributed by atoms with Crippen LogP contribution in [0.2, 0.25) is 0 Å². The number of hydrogen-bond donors (Lipinski definition) is 3. The number of nitriles is 1. The quantitative estimate of drug-likeness (QED) is 0.297. The summed E-state index contributed by atoms with van der Waals surface area (Å²) in [6.07, 6.45) is 5.41. The summed E-state index contributed by atoms with van der Waals surface area (Å²) in [6, 6.07) is 5.11. The maximum Gasteiger partial charge on any atom is 0.314 e. The summed E-state index contributed by atoms with van der Waals surface area (Å²) in [4.78, 5) is 42.8. The highest BCUT2D eigenvalue weighted by Gasteiger charge is 2.25. The Labute approximate surface area is 182 Å². The number of nitrogens with one attached hydrogen (secondary N) is 2. The first-order chi connectivity index (χ1) is 15.5. The molecular weight excluding hydrogens is 412 g/mol. The van der Waals surface area contributed by atoms with Gasteiger partial charge in [-0.1, -0.05) is 6.58 Å². The number of rotatable bonds is 6. The molecule has 3 rings (SSSR count). The number of hydrogen-bond acceptors (Lipinski definition) is 8. The van der Waals surface area contributed by atoms with Gasteiger partial charge in [-0.25, -0.2) is 15.0 Å². The monoisotopic (exact) mass is 430 g/mol. The van der Waals surface area contributed by atoms with E-state index in [1.165, 1.54) is 29.7 Å². The molecule has 2 amide bonds. The van der Waals surface area contributed by atoms with E-state index >= 15 is 0 Å². The third kappa shape index (κ3) is 4.79. The van der Waals surface area contributed by atoms with Crippen LogP contribution in [-0.2, 0) is 16.1 Å². The molecule has 0 unspecified atom stereocenters. The minimum Gasteiger partial charge on any atom is -0.383 e. The van der Waals surface area contributed by atoms with Crippen LogP contribution in [0.3, 0.4) is 0 Å². The molecule has 3 heterocycles. The second-order valence-corrected chi connectivity index (χ2v) is 6.37. The number of nitrogen functional groups attached to an aromatic ring is 1. The van der Waals surface area contributed by atoms with E-state index in [1.807, 2.05) is 6.07 Å². The standard InChI is InChI=1S/C20H18N10O2/c1-3-24-16(23-2)11-30(10-13-5-4-12(6-21)7-25-13)20(32)19(31)28-15-9-26-18(22)14-8-27-29-17(14)15/h3-5,7-9H,1-2,10-11H2,(H2,22,26)(H,27,29)(H,28,31). The number of carbonyl (C=O) groups is 2. The van der Waals surface area contributed by atoms with Crippen LogP contribution < -0.4 is 11.1 Å². The highest BCUT2D eigenvalue weighted by molar-refractivity contribution is 6.40. The predicted octanol–water partition coefficient (Wildman–Crippen LogP) is 1.02. The van der Waals surface area contributed by atoms with Crippen molar-refractivity contribution in [1.29, 1.82) is 5.26 Å². The SMILES string of the molecule is C=CN=C(CN(Cc1ccc(C#N)cn1)C(=O)C(=O)Nc1cnc(N)c2cn[nH]c12)N=C. The van der Waals surface area contributed by atoms with Crippen LogP contribution in [-0.4, -0.2) is 56.0 Å². The number of H-pyrrole nitrogens is 1. The molecule has 3 aromatic rings. The molecule has 12 nitrogen and oxygen atoms in total. The van der Waals surface area contributed by atoms with E-state index in [0.29, 0.717) is 22.2 Å². The minimum atomic E-state index is -0.928. The smallest absolute Gasteiger partial charge is 0.314 e. The Hall–Kier alpha value is -4.92. The highest BCUT2D eigenvalue weighted by Crippen LogP contribution is 2.23. The summed E-state index contributed by atoms with van der Waals surface area (Å²) >= 11 is 0. The maximum absolute atomic E-state index is 13.0. The molecule has 4 N–H and O–H groups in total.